The van der Waals surface area contributed by atoms with Gasteiger partial charge in [-0.3, -0.25) is 4.79 Å². The molecule has 0 fully saturated rings. The van der Waals surface area contributed by atoms with Gasteiger partial charge in [0.05, 0.1) is 6.61 Å². The number of hydrogen-bond donors (Lipinski definition) is 2. The highest BCUT2D eigenvalue weighted by atomic mass is 16.4. The third-order valence-corrected chi connectivity index (χ3v) is 3.12. The van der Waals surface area contributed by atoms with Crippen LogP contribution >= 0.6 is 0 Å². The highest BCUT2D eigenvalue weighted by molar-refractivity contribution is 6.04. The Morgan fingerprint density at radius 2 is 2.00 bits per heavy atom. The quantitative estimate of drug-likeness (QED) is 0.772. The lowest BCUT2D eigenvalue weighted by atomic mass is 10.1. The van der Waals surface area contributed by atoms with Gasteiger partial charge in [0.15, 0.2) is 0 Å². The maximum absolute atomic E-state index is 12.2. The number of nitrogens with zero attached hydrogens (tertiary/aromatic N) is 2. The molecule has 0 aliphatic carbocycles. The number of anilines is 1. The maximum Gasteiger partial charge on any atom is 0.255 e. The summed E-state index contributed by atoms with van der Waals surface area (Å²) in [4.78, 5) is 12.2. The molecule has 6 nitrogen and oxygen atoms in total. The number of aliphatic hydroxyl groups excluding tert-OH is 1. The summed E-state index contributed by atoms with van der Waals surface area (Å²) in [5.74, 6) is 0.176. The lowest BCUT2D eigenvalue weighted by Gasteiger charge is -2.07. The molecule has 0 aliphatic rings. The van der Waals surface area contributed by atoms with Gasteiger partial charge >= 0.3 is 0 Å². The summed E-state index contributed by atoms with van der Waals surface area (Å²) in [6, 6.07) is 13.9. The number of amides is 1. The van der Waals surface area contributed by atoms with Crippen molar-refractivity contribution in [3.63, 3.8) is 0 Å². The Balaban J connectivity index is 1.74. The summed E-state index contributed by atoms with van der Waals surface area (Å²) in [5, 5.41) is 19.3. The maximum atomic E-state index is 12.2. The second-order valence-corrected chi connectivity index (χ2v) is 4.63. The van der Waals surface area contributed by atoms with E-state index in [1.54, 1.807) is 48.5 Å². The molecule has 0 bridgehead atoms. The van der Waals surface area contributed by atoms with Crippen molar-refractivity contribution in [2.24, 2.45) is 0 Å². The van der Waals surface area contributed by atoms with E-state index in [9.17, 15) is 4.79 Å². The van der Waals surface area contributed by atoms with Gasteiger partial charge in [0.25, 0.3) is 5.91 Å². The van der Waals surface area contributed by atoms with Crippen molar-refractivity contribution in [3.05, 3.63) is 66.1 Å². The predicted molar refractivity (Wildman–Crippen MR) is 80.1 cm³/mol. The van der Waals surface area contributed by atoms with Crippen LogP contribution in [-0.4, -0.2) is 21.2 Å². The molecule has 1 aromatic heterocycles. The van der Waals surface area contributed by atoms with Gasteiger partial charge in [0.1, 0.15) is 0 Å². The van der Waals surface area contributed by atoms with E-state index in [0.717, 1.165) is 11.1 Å². The number of nitrogens with one attached hydrogen (secondary N) is 1. The zero-order valence-electron chi connectivity index (χ0n) is 11.6. The van der Waals surface area contributed by atoms with E-state index in [-0.39, 0.29) is 12.5 Å². The van der Waals surface area contributed by atoms with E-state index in [1.807, 2.05) is 0 Å². The van der Waals surface area contributed by atoms with Gasteiger partial charge in [-0.25, -0.2) is 0 Å². The summed E-state index contributed by atoms with van der Waals surface area (Å²) in [5.41, 5.74) is 2.64. The monoisotopic (exact) mass is 295 g/mol. The third kappa shape index (κ3) is 3.02. The van der Waals surface area contributed by atoms with E-state index in [0.29, 0.717) is 17.1 Å². The Morgan fingerprint density at radius 1 is 1.18 bits per heavy atom. The van der Waals surface area contributed by atoms with Gasteiger partial charge in [-0.1, -0.05) is 12.1 Å². The average molecular weight is 295 g/mol. The smallest absolute Gasteiger partial charge is 0.255 e. The fraction of sp³-hybridized carbons (Fsp3) is 0.0625. The number of carbonyl (C=O) groups is 1. The fourth-order valence-corrected chi connectivity index (χ4v) is 2.01. The third-order valence-electron chi connectivity index (χ3n) is 3.12. The second-order valence-electron chi connectivity index (χ2n) is 4.63. The van der Waals surface area contributed by atoms with Crippen LogP contribution in [0.25, 0.3) is 11.5 Å². The first-order valence-electron chi connectivity index (χ1n) is 6.64. The van der Waals surface area contributed by atoms with Gasteiger partial charge in [0, 0.05) is 16.8 Å². The number of rotatable bonds is 4. The van der Waals surface area contributed by atoms with Gasteiger partial charge in [-0.05, 0) is 42.0 Å². The van der Waals surface area contributed by atoms with Crippen LogP contribution in [-0.2, 0) is 6.61 Å². The topological polar surface area (TPSA) is 88.2 Å². The van der Waals surface area contributed by atoms with Crippen molar-refractivity contribution in [1.82, 2.24) is 10.2 Å². The van der Waals surface area contributed by atoms with Gasteiger partial charge in [-0.15, -0.1) is 10.2 Å². The number of benzene rings is 2. The molecule has 0 spiro atoms. The van der Waals surface area contributed by atoms with Crippen LogP contribution in [0.15, 0.2) is 59.3 Å². The zero-order valence-corrected chi connectivity index (χ0v) is 11.6. The first-order chi connectivity index (χ1) is 10.8. The SMILES string of the molecule is O=C(Nc1cccc(CO)c1)c1ccc(-c2nnco2)cc1. The summed E-state index contributed by atoms with van der Waals surface area (Å²) in [6.45, 7) is -0.0669. The van der Waals surface area contributed by atoms with Crippen LogP contribution in [0, 0.1) is 0 Å². The fourth-order valence-electron chi connectivity index (χ4n) is 2.01. The Morgan fingerprint density at radius 3 is 2.68 bits per heavy atom. The molecule has 6 heteroatoms. The lowest BCUT2D eigenvalue weighted by Crippen LogP contribution is -2.11. The minimum atomic E-state index is -0.229. The molecule has 0 radical (unpaired) electrons. The van der Waals surface area contributed by atoms with Crippen LogP contribution in [0.3, 0.4) is 0 Å². The Hall–Kier alpha value is -2.99. The summed E-state index contributed by atoms with van der Waals surface area (Å²) >= 11 is 0. The molecule has 1 amide bonds. The molecular formula is C16H13N3O3. The Labute approximate surface area is 126 Å². The zero-order chi connectivity index (χ0) is 15.4. The van der Waals surface area contributed by atoms with Crippen molar-refractivity contribution in [3.8, 4) is 11.5 Å². The molecule has 1 heterocycles. The molecule has 0 saturated heterocycles. The molecule has 22 heavy (non-hydrogen) atoms. The van der Waals surface area contributed by atoms with Crippen LogP contribution in [0.1, 0.15) is 15.9 Å². The van der Waals surface area contributed by atoms with Crippen LogP contribution in [0.4, 0.5) is 5.69 Å². The molecule has 0 saturated carbocycles. The first-order valence-corrected chi connectivity index (χ1v) is 6.64. The summed E-state index contributed by atoms with van der Waals surface area (Å²) in [7, 11) is 0. The normalized spacial score (nSPS) is 10.4. The molecule has 0 aliphatic heterocycles. The molecule has 110 valence electrons. The standard InChI is InChI=1S/C16H13N3O3/c20-9-11-2-1-3-14(8-11)18-15(21)12-4-6-13(7-5-12)16-19-17-10-22-16/h1-8,10,20H,9H2,(H,18,21). The molecule has 2 aromatic carbocycles. The molecule has 3 aromatic rings. The number of hydrogen-bond acceptors (Lipinski definition) is 5. The van der Waals surface area contributed by atoms with Crippen LogP contribution in [0.5, 0.6) is 0 Å². The van der Waals surface area contributed by atoms with E-state index >= 15 is 0 Å². The highest BCUT2D eigenvalue weighted by Gasteiger charge is 2.08. The molecule has 3 rings (SSSR count). The van der Waals surface area contributed by atoms with Crippen molar-refractivity contribution < 1.29 is 14.3 Å². The molecule has 2 N–H and O–H groups in total. The largest absolute Gasteiger partial charge is 0.423 e. The molecular weight excluding hydrogens is 282 g/mol. The minimum absolute atomic E-state index is 0.0669. The molecule has 0 unspecified atom stereocenters. The van der Waals surface area contributed by atoms with Crippen LogP contribution < -0.4 is 5.32 Å². The summed E-state index contributed by atoms with van der Waals surface area (Å²) < 4.78 is 5.09. The van der Waals surface area contributed by atoms with E-state index < -0.39 is 0 Å². The van der Waals surface area contributed by atoms with Gasteiger partial charge in [0.2, 0.25) is 12.3 Å². The Kier molecular flexibility index (Phi) is 3.93. The molecule has 0 atom stereocenters. The lowest BCUT2D eigenvalue weighted by molar-refractivity contribution is 0.102. The number of aliphatic hydroxyl groups is 1. The summed E-state index contributed by atoms with van der Waals surface area (Å²) in [6.07, 6.45) is 1.25. The predicted octanol–water partition coefficient (Wildman–Crippen LogP) is 2.48. The number of aromatic nitrogens is 2. The minimum Gasteiger partial charge on any atom is -0.423 e. The van der Waals surface area contributed by atoms with E-state index in [1.165, 1.54) is 6.39 Å². The van der Waals surface area contributed by atoms with Crippen molar-refractivity contribution >= 4 is 11.6 Å². The first kappa shape index (κ1) is 14.0. The van der Waals surface area contributed by atoms with Gasteiger partial charge in [-0.2, -0.15) is 0 Å². The van der Waals surface area contributed by atoms with Crippen molar-refractivity contribution in [2.45, 2.75) is 6.61 Å². The van der Waals surface area contributed by atoms with Crippen LogP contribution in [0.2, 0.25) is 0 Å². The van der Waals surface area contributed by atoms with Gasteiger partial charge < -0.3 is 14.8 Å². The Bertz CT molecular complexity index is 768. The van der Waals surface area contributed by atoms with E-state index in [4.69, 9.17) is 9.52 Å². The van der Waals surface area contributed by atoms with Crippen molar-refractivity contribution in [1.29, 1.82) is 0 Å². The average Bonchev–Trinajstić information content (AvgIpc) is 3.09. The highest BCUT2D eigenvalue weighted by Crippen LogP contribution is 2.18. The second kappa shape index (κ2) is 6.19. The van der Waals surface area contributed by atoms with Crippen molar-refractivity contribution in [2.75, 3.05) is 5.32 Å². The number of carbonyl (C=O) groups excluding carboxylic acids is 1. The van der Waals surface area contributed by atoms with E-state index in [2.05, 4.69) is 15.5 Å².